The highest BCUT2D eigenvalue weighted by Gasteiger charge is 2.35. The highest BCUT2D eigenvalue weighted by atomic mass is 35.5. The zero-order valence-corrected chi connectivity index (χ0v) is 21.4. The molecule has 2 aromatic rings. The number of nitrogens with one attached hydrogen (secondary N) is 2. The quantitative estimate of drug-likeness (QED) is 0.548. The van der Waals surface area contributed by atoms with Gasteiger partial charge in [0.05, 0.1) is 14.9 Å². The molecule has 1 aliphatic carbocycles. The maximum Gasteiger partial charge on any atom is 0.264 e. The molecule has 0 bridgehead atoms. The van der Waals surface area contributed by atoms with Crippen LogP contribution in [0.3, 0.4) is 0 Å². The summed E-state index contributed by atoms with van der Waals surface area (Å²) in [7, 11) is -3.86. The van der Waals surface area contributed by atoms with E-state index in [1.54, 1.807) is 37.3 Å². The van der Waals surface area contributed by atoms with E-state index in [2.05, 4.69) is 10.0 Å². The van der Waals surface area contributed by atoms with Gasteiger partial charge in [-0.3, -0.25) is 4.79 Å². The second-order valence-electron chi connectivity index (χ2n) is 9.25. The molecule has 34 heavy (non-hydrogen) atoms. The Morgan fingerprint density at radius 2 is 1.76 bits per heavy atom. The maximum absolute atomic E-state index is 12.7. The van der Waals surface area contributed by atoms with E-state index < -0.39 is 15.9 Å². The number of amides is 1. The first-order chi connectivity index (χ1) is 16.2. The SMILES string of the molecule is Cc1ccccc1S(=O)(=O)NC(=O)C1CCC(C2CC(Oc3ccc(Cl)c(Cl)c3)CCN2)CC1. The van der Waals surface area contributed by atoms with Crippen molar-refractivity contribution in [2.75, 3.05) is 6.54 Å². The van der Waals surface area contributed by atoms with E-state index in [0.29, 0.717) is 40.4 Å². The van der Waals surface area contributed by atoms with Gasteiger partial charge in [-0.15, -0.1) is 0 Å². The molecule has 2 unspecified atom stereocenters. The van der Waals surface area contributed by atoms with Crippen LogP contribution in [0.1, 0.15) is 44.1 Å². The largest absolute Gasteiger partial charge is 0.490 e. The molecular weight excluding hydrogens is 495 g/mol. The minimum absolute atomic E-state index is 0.0868. The number of rotatable bonds is 6. The number of hydrogen-bond donors (Lipinski definition) is 2. The van der Waals surface area contributed by atoms with Gasteiger partial charge in [-0.05, 0) is 81.7 Å². The highest BCUT2D eigenvalue weighted by Crippen LogP contribution is 2.35. The molecule has 2 aromatic carbocycles. The van der Waals surface area contributed by atoms with E-state index in [0.717, 1.165) is 38.0 Å². The standard InChI is InChI=1S/C25H30Cl2N2O4S/c1-16-4-2-3-5-24(16)34(31,32)29-25(30)18-8-6-17(7-9-18)23-15-20(12-13-28-23)33-19-10-11-21(26)22(27)14-19/h2-5,10-11,14,17-18,20,23,28H,6-9,12-13,15H2,1H3,(H,29,30). The Kier molecular flexibility index (Phi) is 8.08. The van der Waals surface area contributed by atoms with Crippen molar-refractivity contribution in [2.45, 2.75) is 62.5 Å². The first-order valence-electron chi connectivity index (χ1n) is 11.7. The first kappa shape index (κ1) is 25.3. The van der Waals surface area contributed by atoms with E-state index in [-0.39, 0.29) is 16.9 Å². The molecule has 1 heterocycles. The minimum atomic E-state index is -3.86. The third-order valence-corrected chi connectivity index (χ3v) is 9.16. The lowest BCUT2D eigenvalue weighted by molar-refractivity contribution is -0.124. The van der Waals surface area contributed by atoms with Crippen molar-refractivity contribution < 1.29 is 17.9 Å². The first-order valence-corrected chi connectivity index (χ1v) is 13.9. The predicted octanol–water partition coefficient (Wildman–Crippen LogP) is 5.11. The Labute approximate surface area is 211 Å². The smallest absolute Gasteiger partial charge is 0.264 e. The van der Waals surface area contributed by atoms with Crippen LogP contribution in [0.15, 0.2) is 47.4 Å². The molecule has 4 rings (SSSR count). The number of carbonyl (C=O) groups excluding carboxylic acids is 1. The fourth-order valence-corrected chi connectivity index (χ4v) is 6.61. The highest BCUT2D eigenvalue weighted by molar-refractivity contribution is 7.90. The summed E-state index contributed by atoms with van der Waals surface area (Å²) in [5, 5.41) is 4.59. The molecule has 2 atom stereocenters. The van der Waals surface area contributed by atoms with Gasteiger partial charge < -0.3 is 10.1 Å². The number of piperidine rings is 1. The molecule has 1 amide bonds. The molecule has 0 aromatic heterocycles. The fraction of sp³-hybridized carbons (Fsp3) is 0.480. The van der Waals surface area contributed by atoms with Crippen molar-refractivity contribution in [1.82, 2.24) is 10.0 Å². The summed E-state index contributed by atoms with van der Waals surface area (Å²) in [6, 6.07) is 12.3. The average molecular weight is 525 g/mol. The van der Waals surface area contributed by atoms with E-state index in [9.17, 15) is 13.2 Å². The van der Waals surface area contributed by atoms with Gasteiger partial charge in [-0.25, -0.2) is 13.1 Å². The molecule has 2 fully saturated rings. The predicted molar refractivity (Wildman–Crippen MR) is 134 cm³/mol. The summed E-state index contributed by atoms with van der Waals surface area (Å²) in [6.45, 7) is 2.59. The molecule has 1 saturated heterocycles. The van der Waals surface area contributed by atoms with Gasteiger partial charge in [0.2, 0.25) is 5.91 Å². The third-order valence-electron chi connectivity index (χ3n) is 6.91. The van der Waals surface area contributed by atoms with Crippen LogP contribution in [0.5, 0.6) is 5.75 Å². The van der Waals surface area contributed by atoms with Crippen LogP contribution >= 0.6 is 23.2 Å². The maximum atomic E-state index is 12.7. The lowest BCUT2D eigenvalue weighted by Crippen LogP contribution is -2.48. The van der Waals surface area contributed by atoms with Crippen molar-refractivity contribution in [3.63, 3.8) is 0 Å². The van der Waals surface area contributed by atoms with Gasteiger partial charge in [-0.1, -0.05) is 41.4 Å². The van der Waals surface area contributed by atoms with E-state index >= 15 is 0 Å². The van der Waals surface area contributed by atoms with Crippen LogP contribution in [-0.2, 0) is 14.8 Å². The van der Waals surface area contributed by atoms with E-state index in [1.807, 2.05) is 6.07 Å². The molecule has 1 aliphatic heterocycles. The van der Waals surface area contributed by atoms with Gasteiger partial charge >= 0.3 is 0 Å². The molecule has 2 N–H and O–H groups in total. The Morgan fingerprint density at radius 1 is 1.03 bits per heavy atom. The Hall–Kier alpha value is -1.80. The van der Waals surface area contributed by atoms with Gasteiger partial charge in [-0.2, -0.15) is 0 Å². The topological polar surface area (TPSA) is 84.5 Å². The van der Waals surface area contributed by atoms with Crippen LogP contribution in [0.2, 0.25) is 10.0 Å². The second-order valence-corrected chi connectivity index (χ2v) is 11.7. The minimum Gasteiger partial charge on any atom is -0.490 e. The second kappa shape index (κ2) is 10.9. The van der Waals surface area contributed by atoms with Gasteiger partial charge in [0.25, 0.3) is 10.0 Å². The summed E-state index contributed by atoms with van der Waals surface area (Å²) in [4.78, 5) is 12.9. The number of hydrogen-bond acceptors (Lipinski definition) is 5. The lowest BCUT2D eigenvalue weighted by atomic mass is 9.76. The van der Waals surface area contributed by atoms with Gasteiger partial charge in [0.15, 0.2) is 0 Å². The zero-order valence-electron chi connectivity index (χ0n) is 19.1. The number of carbonyl (C=O) groups is 1. The molecule has 2 aliphatic rings. The van der Waals surface area contributed by atoms with Crippen molar-refractivity contribution in [2.24, 2.45) is 11.8 Å². The number of halogens is 2. The Balaban J connectivity index is 1.29. The number of benzene rings is 2. The summed E-state index contributed by atoms with van der Waals surface area (Å²) in [6.07, 6.45) is 4.98. The average Bonchev–Trinajstić information content (AvgIpc) is 2.82. The van der Waals surface area contributed by atoms with Crippen molar-refractivity contribution in [3.8, 4) is 5.75 Å². The molecule has 6 nitrogen and oxygen atoms in total. The summed E-state index contributed by atoms with van der Waals surface area (Å²) in [5.74, 6) is 0.452. The number of sulfonamides is 1. The van der Waals surface area contributed by atoms with Crippen LogP contribution in [0, 0.1) is 18.8 Å². The Morgan fingerprint density at radius 3 is 2.47 bits per heavy atom. The van der Waals surface area contributed by atoms with Gasteiger partial charge in [0.1, 0.15) is 11.9 Å². The third kappa shape index (κ3) is 6.06. The summed E-state index contributed by atoms with van der Waals surface area (Å²) >= 11 is 12.1. The van der Waals surface area contributed by atoms with Crippen LogP contribution in [0.4, 0.5) is 0 Å². The van der Waals surface area contributed by atoms with Crippen LogP contribution in [0.25, 0.3) is 0 Å². The molecule has 0 radical (unpaired) electrons. The number of aryl methyl sites for hydroxylation is 1. The van der Waals surface area contributed by atoms with Gasteiger partial charge in [0, 0.05) is 18.0 Å². The normalized spacial score (nSPS) is 25.5. The van der Waals surface area contributed by atoms with Crippen molar-refractivity contribution in [1.29, 1.82) is 0 Å². The summed E-state index contributed by atoms with van der Waals surface area (Å²) in [5.41, 5.74) is 0.618. The number of ether oxygens (including phenoxy) is 1. The molecule has 0 spiro atoms. The van der Waals surface area contributed by atoms with Crippen molar-refractivity contribution >= 4 is 39.1 Å². The molecular formula is C25H30Cl2N2O4S. The monoisotopic (exact) mass is 524 g/mol. The van der Waals surface area contributed by atoms with Crippen molar-refractivity contribution in [3.05, 3.63) is 58.1 Å². The Bertz CT molecular complexity index is 1130. The molecule has 9 heteroatoms. The van der Waals surface area contributed by atoms with E-state index in [4.69, 9.17) is 27.9 Å². The summed E-state index contributed by atoms with van der Waals surface area (Å²) < 4.78 is 33.8. The molecule has 1 saturated carbocycles. The van der Waals surface area contributed by atoms with E-state index in [1.165, 1.54) is 6.07 Å². The van der Waals surface area contributed by atoms with Crippen LogP contribution < -0.4 is 14.8 Å². The lowest BCUT2D eigenvalue weighted by Gasteiger charge is -2.38. The molecule has 184 valence electrons. The van der Waals surface area contributed by atoms with Crippen LogP contribution in [-0.4, -0.2) is 33.0 Å². The fourth-order valence-electron chi connectivity index (χ4n) is 5.04. The zero-order chi connectivity index (χ0) is 24.3.